The Morgan fingerprint density at radius 3 is 2.54 bits per heavy atom. The molecule has 0 radical (unpaired) electrons. The lowest BCUT2D eigenvalue weighted by molar-refractivity contribution is -0.130. The van der Waals surface area contributed by atoms with Crippen molar-refractivity contribution in [2.24, 2.45) is 0 Å². The zero-order valence-corrected chi connectivity index (χ0v) is 16.9. The molecule has 1 fully saturated rings. The number of amides is 1. The number of benzene rings is 1. The second kappa shape index (κ2) is 10.1. The summed E-state index contributed by atoms with van der Waals surface area (Å²) in [6.07, 6.45) is 3.61. The van der Waals surface area contributed by atoms with Gasteiger partial charge in [-0.15, -0.1) is 0 Å². The van der Waals surface area contributed by atoms with Crippen LogP contribution >= 0.6 is 0 Å². The predicted octanol–water partition coefficient (Wildman–Crippen LogP) is 2.37. The van der Waals surface area contributed by atoms with Crippen molar-refractivity contribution in [3.8, 4) is 0 Å². The zero-order valence-electron chi connectivity index (χ0n) is 16.1. The summed E-state index contributed by atoms with van der Waals surface area (Å²) in [5.41, 5.74) is 1.36. The number of carbonyl (C=O) groups excluding carboxylic acids is 1. The Morgan fingerprint density at radius 1 is 1.12 bits per heavy atom. The van der Waals surface area contributed by atoms with Crippen molar-refractivity contribution >= 4 is 15.7 Å². The maximum Gasteiger partial charge on any atom is 0.240 e. The van der Waals surface area contributed by atoms with Gasteiger partial charge < -0.3 is 9.80 Å². The van der Waals surface area contributed by atoms with Gasteiger partial charge in [-0.25, -0.2) is 8.42 Å². The summed E-state index contributed by atoms with van der Waals surface area (Å²) in [5, 5.41) is -0.924. The van der Waals surface area contributed by atoms with Gasteiger partial charge in [0.15, 0.2) is 9.84 Å². The molecular weight excluding hydrogens is 348 g/mol. The van der Waals surface area contributed by atoms with Crippen LogP contribution in [0.1, 0.15) is 38.7 Å². The first-order valence-corrected chi connectivity index (χ1v) is 11.4. The average Bonchev–Trinajstić information content (AvgIpc) is 2.87. The molecule has 146 valence electrons. The molecule has 0 N–H and O–H groups in total. The quantitative estimate of drug-likeness (QED) is 0.695. The summed E-state index contributed by atoms with van der Waals surface area (Å²) >= 11 is 0. The second-order valence-electron chi connectivity index (χ2n) is 7.12. The zero-order chi connectivity index (χ0) is 19.0. The number of sulfone groups is 1. The van der Waals surface area contributed by atoms with Crippen LogP contribution in [0.3, 0.4) is 0 Å². The molecule has 1 aromatic carbocycles. The SMILES string of the molecule is CCCS(=O)(=O)[C@H](C)C(=O)N1CCCN(CCCc2ccccc2)CC1. The Hall–Kier alpha value is -1.40. The van der Waals surface area contributed by atoms with Gasteiger partial charge in [0.05, 0.1) is 5.75 Å². The lowest BCUT2D eigenvalue weighted by Crippen LogP contribution is -2.44. The van der Waals surface area contributed by atoms with Crippen molar-refractivity contribution in [1.82, 2.24) is 9.80 Å². The molecule has 1 atom stereocenters. The molecule has 0 aliphatic carbocycles. The Balaban J connectivity index is 1.80. The van der Waals surface area contributed by atoms with E-state index in [2.05, 4.69) is 29.2 Å². The molecule has 1 aromatic rings. The Bertz CT molecular complexity index is 661. The second-order valence-corrected chi connectivity index (χ2v) is 9.56. The molecule has 2 rings (SSSR count). The molecule has 0 unspecified atom stereocenters. The molecule has 1 amide bonds. The number of hydrogen-bond acceptors (Lipinski definition) is 4. The molecule has 5 nitrogen and oxygen atoms in total. The Morgan fingerprint density at radius 2 is 1.85 bits per heavy atom. The third-order valence-corrected chi connectivity index (χ3v) is 7.31. The first kappa shape index (κ1) is 20.9. The largest absolute Gasteiger partial charge is 0.340 e. The molecule has 0 bridgehead atoms. The van der Waals surface area contributed by atoms with E-state index in [1.807, 2.05) is 13.0 Å². The molecule has 1 aliphatic heterocycles. The van der Waals surface area contributed by atoms with Gasteiger partial charge in [-0.2, -0.15) is 0 Å². The lowest BCUT2D eigenvalue weighted by Gasteiger charge is -2.24. The third-order valence-electron chi connectivity index (χ3n) is 5.06. The van der Waals surface area contributed by atoms with Crippen LogP contribution in [0.15, 0.2) is 30.3 Å². The highest BCUT2D eigenvalue weighted by Crippen LogP contribution is 2.12. The van der Waals surface area contributed by atoms with Crippen LogP contribution < -0.4 is 0 Å². The van der Waals surface area contributed by atoms with Gasteiger partial charge in [-0.3, -0.25) is 4.79 Å². The summed E-state index contributed by atoms with van der Waals surface area (Å²) in [6, 6.07) is 10.5. The van der Waals surface area contributed by atoms with Gasteiger partial charge in [0.1, 0.15) is 5.25 Å². The highest BCUT2D eigenvalue weighted by molar-refractivity contribution is 7.92. The topological polar surface area (TPSA) is 57.7 Å². The van der Waals surface area contributed by atoms with Crippen molar-refractivity contribution in [2.75, 3.05) is 38.5 Å². The molecule has 1 aliphatic rings. The third kappa shape index (κ3) is 6.09. The van der Waals surface area contributed by atoms with Crippen molar-refractivity contribution in [3.05, 3.63) is 35.9 Å². The molecule has 1 saturated heterocycles. The average molecular weight is 381 g/mol. The highest BCUT2D eigenvalue weighted by atomic mass is 32.2. The normalized spacial score (nSPS) is 17.7. The van der Waals surface area contributed by atoms with Crippen LogP contribution in [0.25, 0.3) is 0 Å². The van der Waals surface area contributed by atoms with E-state index in [0.29, 0.717) is 19.5 Å². The molecular formula is C20H32N2O3S. The first-order chi connectivity index (χ1) is 12.4. The van der Waals surface area contributed by atoms with Gasteiger partial charge in [0.2, 0.25) is 5.91 Å². The minimum absolute atomic E-state index is 0.0827. The maximum absolute atomic E-state index is 12.6. The fraction of sp³-hybridized carbons (Fsp3) is 0.650. The van der Waals surface area contributed by atoms with Gasteiger partial charge >= 0.3 is 0 Å². The molecule has 6 heteroatoms. The van der Waals surface area contributed by atoms with Gasteiger partial charge in [0, 0.05) is 19.6 Å². The van der Waals surface area contributed by atoms with E-state index in [-0.39, 0.29) is 11.7 Å². The summed E-state index contributed by atoms with van der Waals surface area (Å²) in [5.74, 6) is -0.149. The fourth-order valence-corrected chi connectivity index (χ4v) is 4.82. The monoisotopic (exact) mass is 380 g/mol. The van der Waals surface area contributed by atoms with Crippen LogP contribution in [0.4, 0.5) is 0 Å². The summed E-state index contributed by atoms with van der Waals surface area (Å²) in [4.78, 5) is 16.7. The van der Waals surface area contributed by atoms with E-state index in [4.69, 9.17) is 0 Å². The van der Waals surface area contributed by atoms with Crippen molar-refractivity contribution in [3.63, 3.8) is 0 Å². The molecule has 0 aromatic heterocycles. The van der Waals surface area contributed by atoms with E-state index in [0.717, 1.165) is 38.9 Å². The minimum Gasteiger partial charge on any atom is -0.340 e. The minimum atomic E-state index is -3.33. The van der Waals surface area contributed by atoms with E-state index >= 15 is 0 Å². The molecule has 26 heavy (non-hydrogen) atoms. The predicted molar refractivity (Wildman–Crippen MR) is 106 cm³/mol. The summed E-state index contributed by atoms with van der Waals surface area (Å²) < 4.78 is 24.4. The Kier molecular flexibility index (Phi) is 8.10. The lowest BCUT2D eigenvalue weighted by atomic mass is 10.1. The number of aryl methyl sites for hydroxylation is 1. The summed E-state index contributed by atoms with van der Waals surface area (Å²) in [6.45, 7) is 7.44. The number of hydrogen-bond donors (Lipinski definition) is 0. The van der Waals surface area contributed by atoms with Gasteiger partial charge in [-0.1, -0.05) is 37.3 Å². The first-order valence-electron chi connectivity index (χ1n) is 9.70. The van der Waals surface area contributed by atoms with Gasteiger partial charge in [0.25, 0.3) is 0 Å². The Labute approximate surface area is 158 Å². The van der Waals surface area contributed by atoms with Gasteiger partial charge in [-0.05, 0) is 51.3 Å². The van der Waals surface area contributed by atoms with E-state index < -0.39 is 15.1 Å². The molecule has 1 heterocycles. The van der Waals surface area contributed by atoms with Crippen molar-refractivity contribution in [2.45, 2.75) is 44.8 Å². The summed E-state index contributed by atoms with van der Waals surface area (Å²) in [7, 11) is -3.33. The standard InChI is InChI=1S/C20H32N2O3S/c1-3-17-26(24,25)18(2)20(23)22-14-8-13-21(15-16-22)12-7-11-19-9-5-4-6-10-19/h4-6,9-10,18H,3,7-8,11-17H2,1-2H3/t18-/m1/s1. The fourth-order valence-electron chi connectivity index (χ4n) is 3.44. The van der Waals surface area contributed by atoms with Crippen LogP contribution in [0.5, 0.6) is 0 Å². The smallest absolute Gasteiger partial charge is 0.240 e. The highest BCUT2D eigenvalue weighted by Gasteiger charge is 2.31. The number of carbonyl (C=O) groups is 1. The van der Waals surface area contributed by atoms with E-state index in [9.17, 15) is 13.2 Å². The van der Waals surface area contributed by atoms with Crippen molar-refractivity contribution in [1.29, 1.82) is 0 Å². The number of rotatable bonds is 8. The van der Waals surface area contributed by atoms with Crippen LogP contribution in [0.2, 0.25) is 0 Å². The number of nitrogens with zero attached hydrogens (tertiary/aromatic N) is 2. The van der Waals surface area contributed by atoms with Crippen LogP contribution in [-0.2, 0) is 21.1 Å². The van der Waals surface area contributed by atoms with E-state index in [1.54, 1.807) is 4.90 Å². The molecule has 0 saturated carbocycles. The van der Waals surface area contributed by atoms with Crippen LogP contribution in [-0.4, -0.2) is 67.9 Å². The van der Waals surface area contributed by atoms with Crippen molar-refractivity contribution < 1.29 is 13.2 Å². The van der Waals surface area contributed by atoms with Crippen LogP contribution in [0, 0.1) is 0 Å². The molecule has 0 spiro atoms. The van der Waals surface area contributed by atoms with E-state index in [1.165, 1.54) is 12.5 Å². The maximum atomic E-state index is 12.6.